The molecule has 0 unspecified atom stereocenters. The van der Waals surface area contributed by atoms with Gasteiger partial charge in [-0.05, 0) is 25.0 Å². The first-order valence-electron chi connectivity index (χ1n) is 5.83. The lowest BCUT2D eigenvalue weighted by Gasteiger charge is -2.11. The fourth-order valence-corrected chi connectivity index (χ4v) is 3.12. The van der Waals surface area contributed by atoms with Crippen LogP contribution in [-0.4, -0.2) is 15.0 Å². The van der Waals surface area contributed by atoms with Crippen LogP contribution in [0.3, 0.4) is 0 Å². The predicted octanol–water partition coefficient (Wildman–Crippen LogP) is 2.05. The van der Waals surface area contributed by atoms with Crippen LogP contribution in [0.4, 0.5) is 5.69 Å². The molecule has 0 aromatic heterocycles. The third-order valence-electron chi connectivity index (χ3n) is 2.58. The second kappa shape index (κ2) is 6.02. The second-order valence-electron chi connectivity index (χ2n) is 4.10. The molecule has 96 valence electrons. The highest BCUT2D eigenvalue weighted by atomic mass is 32.2. The van der Waals surface area contributed by atoms with Crippen molar-refractivity contribution in [2.75, 3.05) is 12.3 Å². The van der Waals surface area contributed by atoms with Crippen molar-refractivity contribution in [3.63, 3.8) is 0 Å². The number of nitrogens with one attached hydrogen (secondary N) is 1. The van der Waals surface area contributed by atoms with E-state index in [1.54, 1.807) is 25.1 Å². The van der Waals surface area contributed by atoms with Gasteiger partial charge in [-0.25, -0.2) is 13.1 Å². The number of rotatable bonds is 6. The highest BCUT2D eigenvalue weighted by Crippen LogP contribution is 2.21. The Labute approximate surface area is 103 Å². The predicted molar refractivity (Wildman–Crippen MR) is 70.3 cm³/mol. The fourth-order valence-electron chi connectivity index (χ4n) is 1.70. The standard InChI is InChI=1S/C12H20N2O2S/c1-3-4-5-9-14-17(15,16)12-10(2)7-6-8-11(12)13/h6-8,14H,3-5,9,13H2,1-2H3. The summed E-state index contributed by atoms with van der Waals surface area (Å²) in [5, 5.41) is 0. The molecule has 0 atom stereocenters. The quantitative estimate of drug-likeness (QED) is 0.604. The summed E-state index contributed by atoms with van der Waals surface area (Å²) in [6.45, 7) is 4.29. The topological polar surface area (TPSA) is 72.2 Å². The zero-order valence-electron chi connectivity index (χ0n) is 10.4. The van der Waals surface area contributed by atoms with Gasteiger partial charge < -0.3 is 5.73 Å². The van der Waals surface area contributed by atoms with Gasteiger partial charge in [0.1, 0.15) is 4.90 Å². The van der Waals surface area contributed by atoms with Crippen LogP contribution >= 0.6 is 0 Å². The first-order chi connectivity index (χ1) is 7.99. The smallest absolute Gasteiger partial charge is 0.242 e. The maximum absolute atomic E-state index is 12.0. The Bertz CT molecular complexity index is 449. The summed E-state index contributed by atoms with van der Waals surface area (Å²) in [5.74, 6) is 0. The van der Waals surface area contributed by atoms with Crippen LogP contribution in [0.5, 0.6) is 0 Å². The lowest BCUT2D eigenvalue weighted by molar-refractivity contribution is 0.576. The van der Waals surface area contributed by atoms with Crippen LogP contribution in [0.25, 0.3) is 0 Å². The van der Waals surface area contributed by atoms with Crippen molar-refractivity contribution < 1.29 is 8.42 Å². The SMILES string of the molecule is CCCCCNS(=O)(=O)c1c(C)cccc1N. The molecule has 1 aromatic carbocycles. The van der Waals surface area contributed by atoms with E-state index in [0.717, 1.165) is 19.3 Å². The largest absolute Gasteiger partial charge is 0.398 e. The molecule has 4 nitrogen and oxygen atoms in total. The Morgan fingerprint density at radius 2 is 2.00 bits per heavy atom. The minimum Gasteiger partial charge on any atom is -0.398 e. The van der Waals surface area contributed by atoms with Crippen molar-refractivity contribution in [2.24, 2.45) is 0 Å². The Morgan fingerprint density at radius 1 is 1.29 bits per heavy atom. The average Bonchev–Trinajstić information content (AvgIpc) is 2.24. The Hall–Kier alpha value is -1.07. The van der Waals surface area contributed by atoms with Gasteiger partial charge in [-0.15, -0.1) is 0 Å². The molecular weight excluding hydrogens is 236 g/mol. The van der Waals surface area contributed by atoms with E-state index < -0.39 is 10.0 Å². The zero-order valence-corrected chi connectivity index (χ0v) is 11.2. The van der Waals surface area contributed by atoms with Gasteiger partial charge in [0.05, 0.1) is 5.69 Å². The summed E-state index contributed by atoms with van der Waals surface area (Å²) >= 11 is 0. The molecule has 0 radical (unpaired) electrons. The molecule has 0 saturated carbocycles. The lowest BCUT2D eigenvalue weighted by Crippen LogP contribution is -2.26. The summed E-state index contributed by atoms with van der Waals surface area (Å²) < 4.78 is 26.7. The molecule has 0 amide bonds. The van der Waals surface area contributed by atoms with Crippen molar-refractivity contribution in [1.29, 1.82) is 0 Å². The number of hydrogen-bond donors (Lipinski definition) is 2. The first kappa shape index (κ1) is 14.0. The lowest BCUT2D eigenvalue weighted by atomic mass is 10.2. The van der Waals surface area contributed by atoms with E-state index in [1.807, 2.05) is 0 Å². The molecule has 17 heavy (non-hydrogen) atoms. The normalized spacial score (nSPS) is 11.6. The maximum Gasteiger partial charge on any atom is 0.242 e. The number of unbranched alkanes of at least 4 members (excludes halogenated alkanes) is 2. The van der Waals surface area contributed by atoms with Crippen molar-refractivity contribution >= 4 is 15.7 Å². The van der Waals surface area contributed by atoms with E-state index in [1.165, 1.54) is 0 Å². The summed E-state index contributed by atoms with van der Waals surface area (Å²) in [6.07, 6.45) is 2.93. The molecule has 3 N–H and O–H groups in total. The first-order valence-corrected chi connectivity index (χ1v) is 7.32. The third kappa shape index (κ3) is 3.71. The molecule has 0 aliphatic rings. The van der Waals surface area contributed by atoms with Crippen LogP contribution in [0.1, 0.15) is 31.7 Å². The molecule has 5 heteroatoms. The van der Waals surface area contributed by atoms with Crippen molar-refractivity contribution in [2.45, 2.75) is 38.0 Å². The monoisotopic (exact) mass is 256 g/mol. The number of hydrogen-bond acceptors (Lipinski definition) is 3. The highest BCUT2D eigenvalue weighted by Gasteiger charge is 2.18. The van der Waals surface area contributed by atoms with Crippen molar-refractivity contribution in [3.05, 3.63) is 23.8 Å². The highest BCUT2D eigenvalue weighted by molar-refractivity contribution is 7.89. The molecule has 1 aromatic rings. The average molecular weight is 256 g/mol. The maximum atomic E-state index is 12.0. The molecule has 0 aliphatic heterocycles. The van der Waals surface area contributed by atoms with E-state index in [4.69, 9.17) is 5.73 Å². The van der Waals surface area contributed by atoms with E-state index in [9.17, 15) is 8.42 Å². The van der Waals surface area contributed by atoms with Crippen LogP contribution < -0.4 is 10.5 Å². The van der Waals surface area contributed by atoms with Gasteiger partial charge in [-0.1, -0.05) is 31.9 Å². The molecule has 0 spiro atoms. The van der Waals surface area contributed by atoms with E-state index in [2.05, 4.69) is 11.6 Å². The summed E-state index contributed by atoms with van der Waals surface area (Å²) in [6, 6.07) is 5.10. The third-order valence-corrected chi connectivity index (χ3v) is 4.26. The van der Waals surface area contributed by atoms with E-state index >= 15 is 0 Å². The van der Waals surface area contributed by atoms with Gasteiger partial charge in [-0.3, -0.25) is 0 Å². The Balaban J connectivity index is 2.83. The summed E-state index contributed by atoms with van der Waals surface area (Å²) in [5.41, 5.74) is 6.69. The van der Waals surface area contributed by atoms with Gasteiger partial charge in [0.2, 0.25) is 10.0 Å². The Kier molecular flexibility index (Phi) is 4.96. The molecule has 0 saturated heterocycles. The van der Waals surface area contributed by atoms with Crippen LogP contribution in [-0.2, 0) is 10.0 Å². The van der Waals surface area contributed by atoms with Gasteiger partial charge >= 0.3 is 0 Å². The molecular formula is C12H20N2O2S. The molecule has 0 fully saturated rings. The van der Waals surface area contributed by atoms with Gasteiger partial charge in [0.15, 0.2) is 0 Å². The number of aryl methyl sites for hydroxylation is 1. The summed E-state index contributed by atoms with van der Waals surface area (Å²) in [7, 11) is -3.48. The van der Waals surface area contributed by atoms with Gasteiger partial charge in [0.25, 0.3) is 0 Å². The number of nitrogens with two attached hydrogens (primary N) is 1. The summed E-state index contributed by atoms with van der Waals surface area (Å²) in [4.78, 5) is 0.205. The number of benzene rings is 1. The van der Waals surface area contributed by atoms with Crippen molar-refractivity contribution in [3.8, 4) is 0 Å². The zero-order chi connectivity index (χ0) is 12.9. The van der Waals surface area contributed by atoms with Crippen molar-refractivity contribution in [1.82, 2.24) is 4.72 Å². The number of anilines is 1. The van der Waals surface area contributed by atoms with Gasteiger partial charge in [-0.2, -0.15) is 0 Å². The molecule has 0 heterocycles. The molecule has 0 aliphatic carbocycles. The van der Waals surface area contributed by atoms with E-state index in [-0.39, 0.29) is 4.90 Å². The molecule has 0 bridgehead atoms. The Morgan fingerprint density at radius 3 is 2.59 bits per heavy atom. The van der Waals surface area contributed by atoms with Gasteiger partial charge in [0, 0.05) is 6.54 Å². The minimum atomic E-state index is -3.48. The number of sulfonamides is 1. The second-order valence-corrected chi connectivity index (χ2v) is 5.80. The molecule has 1 rings (SSSR count). The van der Waals surface area contributed by atoms with Crippen LogP contribution in [0.15, 0.2) is 23.1 Å². The fraction of sp³-hybridized carbons (Fsp3) is 0.500. The minimum absolute atomic E-state index is 0.205. The van der Waals surface area contributed by atoms with Crippen LogP contribution in [0, 0.1) is 6.92 Å². The van der Waals surface area contributed by atoms with E-state index in [0.29, 0.717) is 17.8 Å². The van der Waals surface area contributed by atoms with Crippen LogP contribution in [0.2, 0.25) is 0 Å². The number of nitrogen functional groups attached to an aromatic ring is 1.